The van der Waals surface area contributed by atoms with E-state index in [4.69, 9.17) is 10.8 Å². The molecule has 0 aliphatic carbocycles. The fourth-order valence-electron chi connectivity index (χ4n) is 0.809. The van der Waals surface area contributed by atoms with Crippen molar-refractivity contribution in [3.8, 4) is 0 Å². The molecule has 12 heavy (non-hydrogen) atoms. The van der Waals surface area contributed by atoms with Gasteiger partial charge in [-0.15, -0.1) is 0 Å². The van der Waals surface area contributed by atoms with Crippen LogP contribution < -0.4 is 5.73 Å². The van der Waals surface area contributed by atoms with Gasteiger partial charge in [0.2, 0.25) is 5.91 Å². The lowest BCUT2D eigenvalue weighted by atomic mass is 9.98. The highest BCUT2D eigenvalue weighted by Gasteiger charge is 2.13. The van der Waals surface area contributed by atoms with Crippen LogP contribution in [0.5, 0.6) is 0 Å². The minimum absolute atomic E-state index is 0.0985. The Labute approximate surface area is 71.1 Å². The maximum Gasteiger partial charge on any atom is 0.328 e. The summed E-state index contributed by atoms with van der Waals surface area (Å²) in [5.41, 5.74) is 5.16. The minimum Gasteiger partial charge on any atom is -0.478 e. The van der Waals surface area contributed by atoms with Gasteiger partial charge in [-0.05, 0) is 12.3 Å². The molecule has 3 N–H and O–H groups in total. The summed E-state index contributed by atoms with van der Waals surface area (Å²) in [4.78, 5) is 21.0. The third-order valence-electron chi connectivity index (χ3n) is 1.71. The molecule has 68 valence electrons. The summed E-state index contributed by atoms with van der Waals surface area (Å²) < 4.78 is 0. The van der Waals surface area contributed by atoms with Gasteiger partial charge in [0.25, 0.3) is 0 Å². The third kappa shape index (κ3) is 3.18. The molecule has 0 saturated carbocycles. The molecule has 1 amide bonds. The average molecular weight is 171 g/mol. The number of carboxylic acid groups (broad SMARTS) is 1. The molecule has 0 rings (SSSR count). The lowest BCUT2D eigenvalue weighted by Gasteiger charge is -2.08. The standard InChI is InChI=1S/C8H13NO3/c1-3-5(2)6(8(9)12)4-7(10)11/h4-5H,3H2,1-2H3,(H2,9,12)(H,10,11)/b6-4-. The summed E-state index contributed by atoms with van der Waals surface area (Å²) in [6, 6.07) is 0. The van der Waals surface area contributed by atoms with Crippen LogP contribution in [0.25, 0.3) is 0 Å². The van der Waals surface area contributed by atoms with Crippen molar-refractivity contribution < 1.29 is 14.7 Å². The zero-order valence-electron chi connectivity index (χ0n) is 7.20. The van der Waals surface area contributed by atoms with Crippen LogP contribution in [0.15, 0.2) is 11.6 Å². The Morgan fingerprint density at radius 1 is 1.58 bits per heavy atom. The molecule has 0 fully saturated rings. The number of carbonyl (C=O) groups excluding carboxylic acids is 1. The number of carbonyl (C=O) groups is 2. The molecular formula is C8H13NO3. The number of amides is 1. The average Bonchev–Trinajstić information content (AvgIpc) is 1.98. The molecule has 0 aromatic rings. The van der Waals surface area contributed by atoms with Crippen LogP contribution in [0.1, 0.15) is 20.3 Å². The van der Waals surface area contributed by atoms with Gasteiger partial charge >= 0.3 is 5.97 Å². The van der Waals surface area contributed by atoms with E-state index in [2.05, 4.69) is 0 Å². The van der Waals surface area contributed by atoms with Crippen molar-refractivity contribution in [2.75, 3.05) is 0 Å². The fraction of sp³-hybridized carbons (Fsp3) is 0.500. The first kappa shape index (κ1) is 10.7. The van der Waals surface area contributed by atoms with Crippen LogP contribution >= 0.6 is 0 Å². The van der Waals surface area contributed by atoms with Gasteiger partial charge in [-0.2, -0.15) is 0 Å². The molecule has 1 unspecified atom stereocenters. The lowest BCUT2D eigenvalue weighted by Crippen LogP contribution is -2.20. The van der Waals surface area contributed by atoms with Gasteiger partial charge < -0.3 is 10.8 Å². The van der Waals surface area contributed by atoms with Crippen LogP contribution in [-0.2, 0) is 9.59 Å². The Hall–Kier alpha value is -1.32. The number of aliphatic carboxylic acids is 1. The molecule has 0 aliphatic heterocycles. The van der Waals surface area contributed by atoms with E-state index >= 15 is 0 Å². The summed E-state index contributed by atoms with van der Waals surface area (Å²) in [5, 5.41) is 8.39. The molecule has 0 aromatic heterocycles. The summed E-state index contributed by atoms with van der Waals surface area (Å²) in [7, 11) is 0. The van der Waals surface area contributed by atoms with Crippen LogP contribution in [0, 0.1) is 5.92 Å². The van der Waals surface area contributed by atoms with Gasteiger partial charge in [-0.1, -0.05) is 13.8 Å². The van der Waals surface area contributed by atoms with Crippen molar-refractivity contribution >= 4 is 11.9 Å². The van der Waals surface area contributed by atoms with Gasteiger partial charge in [0.1, 0.15) is 0 Å². The Bertz CT molecular complexity index is 220. The fourth-order valence-corrected chi connectivity index (χ4v) is 0.809. The van der Waals surface area contributed by atoms with Crippen molar-refractivity contribution in [1.29, 1.82) is 0 Å². The summed E-state index contributed by atoms with van der Waals surface area (Å²) in [6.45, 7) is 3.63. The van der Waals surface area contributed by atoms with Crippen LogP contribution in [0.3, 0.4) is 0 Å². The molecule has 0 radical (unpaired) electrons. The highest BCUT2D eigenvalue weighted by Crippen LogP contribution is 2.13. The highest BCUT2D eigenvalue weighted by molar-refractivity contribution is 5.98. The van der Waals surface area contributed by atoms with Crippen molar-refractivity contribution in [1.82, 2.24) is 0 Å². The van der Waals surface area contributed by atoms with Crippen molar-refractivity contribution in [2.24, 2.45) is 11.7 Å². The van der Waals surface area contributed by atoms with E-state index < -0.39 is 11.9 Å². The maximum absolute atomic E-state index is 10.7. The summed E-state index contributed by atoms with van der Waals surface area (Å²) in [5.74, 6) is -1.89. The molecule has 0 spiro atoms. The first-order valence-electron chi connectivity index (χ1n) is 3.73. The van der Waals surface area contributed by atoms with Crippen molar-refractivity contribution in [3.63, 3.8) is 0 Å². The zero-order chi connectivity index (χ0) is 9.72. The molecule has 0 saturated heterocycles. The van der Waals surface area contributed by atoms with E-state index in [1.807, 2.05) is 6.92 Å². The third-order valence-corrected chi connectivity index (χ3v) is 1.71. The second kappa shape index (κ2) is 4.54. The molecule has 4 nitrogen and oxygen atoms in total. The number of hydrogen-bond donors (Lipinski definition) is 2. The topological polar surface area (TPSA) is 80.4 Å². The van der Waals surface area contributed by atoms with E-state index in [-0.39, 0.29) is 11.5 Å². The Morgan fingerprint density at radius 3 is 2.33 bits per heavy atom. The molecule has 0 aromatic carbocycles. The van der Waals surface area contributed by atoms with Gasteiger partial charge in [0, 0.05) is 11.6 Å². The van der Waals surface area contributed by atoms with E-state index in [0.717, 1.165) is 6.08 Å². The number of rotatable bonds is 4. The van der Waals surface area contributed by atoms with Gasteiger partial charge in [0.15, 0.2) is 0 Å². The normalized spacial score (nSPS) is 14.0. The molecule has 0 aliphatic rings. The van der Waals surface area contributed by atoms with Crippen molar-refractivity contribution in [3.05, 3.63) is 11.6 Å². The predicted molar refractivity (Wildman–Crippen MR) is 44.4 cm³/mol. The second-order valence-corrected chi connectivity index (χ2v) is 2.61. The lowest BCUT2D eigenvalue weighted by molar-refractivity contribution is -0.131. The van der Waals surface area contributed by atoms with E-state index in [0.29, 0.717) is 6.42 Å². The quantitative estimate of drug-likeness (QED) is 0.605. The number of primary amides is 1. The molecule has 0 bridgehead atoms. The van der Waals surface area contributed by atoms with E-state index in [9.17, 15) is 9.59 Å². The second-order valence-electron chi connectivity index (χ2n) is 2.61. The van der Waals surface area contributed by atoms with E-state index in [1.54, 1.807) is 6.92 Å². The SMILES string of the molecule is CCC(C)/C(=C/C(=O)O)C(N)=O. The zero-order valence-corrected chi connectivity index (χ0v) is 7.20. The van der Waals surface area contributed by atoms with Gasteiger partial charge in [0.05, 0.1) is 0 Å². The van der Waals surface area contributed by atoms with Gasteiger partial charge in [-0.25, -0.2) is 4.79 Å². The largest absolute Gasteiger partial charge is 0.478 e. The Morgan fingerprint density at radius 2 is 2.08 bits per heavy atom. The first-order chi connectivity index (χ1) is 5.49. The van der Waals surface area contributed by atoms with E-state index in [1.165, 1.54) is 0 Å². The number of nitrogens with two attached hydrogens (primary N) is 1. The number of carboxylic acids is 1. The maximum atomic E-state index is 10.7. The highest BCUT2D eigenvalue weighted by atomic mass is 16.4. The van der Waals surface area contributed by atoms with Crippen LogP contribution in [0.2, 0.25) is 0 Å². The predicted octanol–water partition coefficient (Wildman–Crippen LogP) is 0.529. The Balaban J connectivity index is 4.66. The Kier molecular flexibility index (Phi) is 4.04. The molecular weight excluding hydrogens is 158 g/mol. The first-order valence-corrected chi connectivity index (χ1v) is 3.73. The molecule has 1 atom stereocenters. The number of hydrogen-bond acceptors (Lipinski definition) is 2. The minimum atomic E-state index is -1.14. The van der Waals surface area contributed by atoms with Crippen molar-refractivity contribution in [2.45, 2.75) is 20.3 Å². The molecule has 4 heteroatoms. The molecule has 0 heterocycles. The van der Waals surface area contributed by atoms with Crippen LogP contribution in [0.4, 0.5) is 0 Å². The monoisotopic (exact) mass is 171 g/mol. The smallest absolute Gasteiger partial charge is 0.328 e. The van der Waals surface area contributed by atoms with Crippen LogP contribution in [-0.4, -0.2) is 17.0 Å². The van der Waals surface area contributed by atoms with Gasteiger partial charge in [-0.3, -0.25) is 4.79 Å². The summed E-state index contributed by atoms with van der Waals surface area (Å²) >= 11 is 0. The summed E-state index contributed by atoms with van der Waals surface area (Å²) in [6.07, 6.45) is 1.57.